The number of benzene rings is 1. The SMILES string of the molecule is O=C(/C=C/c1ccccc1F)NCCNc1cc(-n2cccc2)ncn1. The predicted molar refractivity (Wildman–Crippen MR) is 98.3 cm³/mol. The summed E-state index contributed by atoms with van der Waals surface area (Å²) in [6.45, 7) is 0.907. The van der Waals surface area contributed by atoms with Crippen molar-refractivity contribution in [1.82, 2.24) is 19.9 Å². The zero-order chi connectivity index (χ0) is 18.2. The number of halogens is 1. The Labute approximate surface area is 150 Å². The summed E-state index contributed by atoms with van der Waals surface area (Å²) < 4.78 is 15.3. The van der Waals surface area contributed by atoms with Gasteiger partial charge in [0.1, 0.15) is 23.8 Å². The zero-order valence-corrected chi connectivity index (χ0v) is 14.0. The molecular formula is C19H18FN5O. The van der Waals surface area contributed by atoms with Gasteiger partial charge in [0.25, 0.3) is 0 Å². The third-order valence-electron chi connectivity index (χ3n) is 3.57. The molecule has 0 aliphatic heterocycles. The fourth-order valence-corrected chi connectivity index (χ4v) is 2.28. The molecule has 6 nitrogen and oxygen atoms in total. The Bertz CT molecular complexity index is 892. The van der Waals surface area contributed by atoms with Crippen LogP contribution in [0.3, 0.4) is 0 Å². The van der Waals surface area contributed by atoms with Gasteiger partial charge in [-0.1, -0.05) is 18.2 Å². The largest absolute Gasteiger partial charge is 0.368 e. The first-order valence-corrected chi connectivity index (χ1v) is 8.12. The zero-order valence-electron chi connectivity index (χ0n) is 14.0. The normalized spacial score (nSPS) is 10.8. The van der Waals surface area contributed by atoms with Crippen LogP contribution in [-0.2, 0) is 4.79 Å². The Hall–Kier alpha value is -3.48. The molecule has 0 bridgehead atoms. The van der Waals surface area contributed by atoms with E-state index >= 15 is 0 Å². The van der Waals surface area contributed by atoms with Crippen molar-refractivity contribution in [2.75, 3.05) is 18.4 Å². The number of hydrogen-bond acceptors (Lipinski definition) is 4. The minimum absolute atomic E-state index is 0.286. The fraction of sp³-hybridized carbons (Fsp3) is 0.105. The standard InChI is InChI=1S/C19H18FN5O/c20-16-6-2-1-5-15(16)7-8-19(26)22-10-9-21-17-13-18(24-14-23-17)25-11-3-4-12-25/h1-8,11-14H,9-10H2,(H,22,26)(H,21,23,24)/b8-7+. The average Bonchev–Trinajstić information content (AvgIpc) is 3.20. The van der Waals surface area contributed by atoms with Crippen LogP contribution in [0.25, 0.3) is 11.9 Å². The van der Waals surface area contributed by atoms with Crippen molar-refractivity contribution < 1.29 is 9.18 Å². The van der Waals surface area contributed by atoms with Crippen molar-refractivity contribution in [1.29, 1.82) is 0 Å². The quantitative estimate of drug-likeness (QED) is 0.507. The molecule has 1 aromatic carbocycles. The van der Waals surface area contributed by atoms with E-state index < -0.39 is 0 Å². The van der Waals surface area contributed by atoms with E-state index in [-0.39, 0.29) is 11.7 Å². The predicted octanol–water partition coefficient (Wildman–Crippen LogP) is 2.65. The summed E-state index contributed by atoms with van der Waals surface area (Å²) in [4.78, 5) is 20.1. The van der Waals surface area contributed by atoms with E-state index in [2.05, 4.69) is 20.6 Å². The minimum Gasteiger partial charge on any atom is -0.368 e. The molecule has 3 aromatic rings. The highest BCUT2D eigenvalue weighted by Gasteiger charge is 2.01. The Morgan fingerprint density at radius 2 is 1.92 bits per heavy atom. The lowest BCUT2D eigenvalue weighted by Crippen LogP contribution is -2.27. The second kappa shape index (κ2) is 8.57. The second-order valence-electron chi connectivity index (χ2n) is 5.42. The molecular weight excluding hydrogens is 333 g/mol. The van der Waals surface area contributed by atoms with E-state index in [9.17, 15) is 9.18 Å². The number of amides is 1. The molecule has 0 unspecified atom stereocenters. The second-order valence-corrected chi connectivity index (χ2v) is 5.42. The smallest absolute Gasteiger partial charge is 0.244 e. The molecule has 0 atom stereocenters. The van der Waals surface area contributed by atoms with Gasteiger partial charge in [-0.2, -0.15) is 0 Å². The molecule has 0 fully saturated rings. The monoisotopic (exact) mass is 351 g/mol. The molecule has 0 aliphatic rings. The highest BCUT2D eigenvalue weighted by molar-refractivity contribution is 5.91. The van der Waals surface area contributed by atoms with Gasteiger partial charge in [-0.15, -0.1) is 0 Å². The van der Waals surface area contributed by atoms with Crippen molar-refractivity contribution in [3.63, 3.8) is 0 Å². The molecule has 2 aromatic heterocycles. The molecule has 3 rings (SSSR count). The molecule has 0 saturated carbocycles. The third kappa shape index (κ3) is 4.76. The van der Waals surface area contributed by atoms with Crippen LogP contribution in [-0.4, -0.2) is 33.5 Å². The summed E-state index contributed by atoms with van der Waals surface area (Å²) in [5, 5.41) is 5.85. The van der Waals surface area contributed by atoms with E-state index in [4.69, 9.17) is 0 Å². The third-order valence-corrected chi connectivity index (χ3v) is 3.57. The Balaban J connectivity index is 1.45. The van der Waals surface area contributed by atoms with Crippen molar-refractivity contribution in [2.24, 2.45) is 0 Å². The fourth-order valence-electron chi connectivity index (χ4n) is 2.28. The van der Waals surface area contributed by atoms with Crippen LogP contribution in [0.1, 0.15) is 5.56 Å². The molecule has 7 heteroatoms. The number of nitrogens with zero attached hydrogens (tertiary/aromatic N) is 3. The summed E-state index contributed by atoms with van der Waals surface area (Å²) in [5.74, 6) is 0.774. The summed E-state index contributed by atoms with van der Waals surface area (Å²) in [6, 6.07) is 11.9. The van der Waals surface area contributed by atoms with Gasteiger partial charge < -0.3 is 15.2 Å². The maximum atomic E-state index is 13.5. The maximum absolute atomic E-state index is 13.5. The molecule has 2 N–H and O–H groups in total. The maximum Gasteiger partial charge on any atom is 0.244 e. The van der Waals surface area contributed by atoms with Crippen molar-refractivity contribution in [3.8, 4) is 5.82 Å². The number of hydrogen-bond donors (Lipinski definition) is 2. The molecule has 0 saturated heterocycles. The summed E-state index contributed by atoms with van der Waals surface area (Å²) >= 11 is 0. The van der Waals surface area contributed by atoms with Gasteiger partial charge in [-0.25, -0.2) is 14.4 Å². The first-order chi connectivity index (χ1) is 12.7. The van der Waals surface area contributed by atoms with E-state index in [0.717, 1.165) is 5.82 Å². The topological polar surface area (TPSA) is 71.8 Å². The van der Waals surface area contributed by atoms with Crippen LogP contribution in [0, 0.1) is 5.82 Å². The van der Waals surface area contributed by atoms with Gasteiger partial charge in [-0.05, 0) is 24.3 Å². The number of nitrogens with one attached hydrogen (secondary N) is 2. The lowest BCUT2D eigenvalue weighted by atomic mass is 10.2. The van der Waals surface area contributed by atoms with Gasteiger partial charge in [0.15, 0.2) is 0 Å². The summed E-state index contributed by atoms with van der Waals surface area (Å²) in [5.41, 5.74) is 0.374. The lowest BCUT2D eigenvalue weighted by molar-refractivity contribution is -0.116. The molecule has 0 radical (unpaired) electrons. The average molecular weight is 351 g/mol. The van der Waals surface area contributed by atoms with E-state index in [1.54, 1.807) is 18.2 Å². The van der Waals surface area contributed by atoms with Gasteiger partial charge in [0.05, 0.1) is 0 Å². The number of aromatic nitrogens is 3. The van der Waals surface area contributed by atoms with Crippen molar-refractivity contribution in [3.05, 3.63) is 78.6 Å². The molecule has 1 amide bonds. The van der Waals surface area contributed by atoms with Crippen LogP contribution in [0.15, 0.2) is 67.3 Å². The molecule has 132 valence electrons. The van der Waals surface area contributed by atoms with Crippen LogP contribution in [0.4, 0.5) is 10.2 Å². The van der Waals surface area contributed by atoms with Crippen LogP contribution in [0.5, 0.6) is 0 Å². The number of rotatable bonds is 7. The minimum atomic E-state index is -0.361. The van der Waals surface area contributed by atoms with Gasteiger partial charge in [-0.3, -0.25) is 4.79 Å². The van der Waals surface area contributed by atoms with Gasteiger partial charge in [0.2, 0.25) is 5.91 Å². The molecule has 0 aliphatic carbocycles. The lowest BCUT2D eigenvalue weighted by Gasteiger charge is -2.08. The molecule has 2 heterocycles. The van der Waals surface area contributed by atoms with Crippen LogP contribution < -0.4 is 10.6 Å². The Morgan fingerprint density at radius 3 is 2.73 bits per heavy atom. The van der Waals surface area contributed by atoms with Crippen molar-refractivity contribution in [2.45, 2.75) is 0 Å². The van der Waals surface area contributed by atoms with Gasteiger partial charge >= 0.3 is 0 Å². The highest BCUT2D eigenvalue weighted by Crippen LogP contribution is 2.09. The first-order valence-electron chi connectivity index (χ1n) is 8.12. The highest BCUT2D eigenvalue weighted by atomic mass is 19.1. The van der Waals surface area contributed by atoms with E-state index in [0.29, 0.717) is 24.5 Å². The van der Waals surface area contributed by atoms with Gasteiger partial charge in [0, 0.05) is 43.2 Å². The van der Waals surface area contributed by atoms with Crippen molar-refractivity contribution >= 4 is 17.8 Å². The Morgan fingerprint density at radius 1 is 1.12 bits per heavy atom. The Kier molecular flexibility index (Phi) is 5.72. The number of anilines is 1. The summed E-state index contributed by atoms with van der Waals surface area (Å²) in [6.07, 6.45) is 8.04. The first kappa shape index (κ1) is 17.3. The number of carbonyl (C=O) groups excluding carboxylic acids is 1. The van der Waals surface area contributed by atoms with E-state index in [1.165, 1.54) is 24.5 Å². The molecule has 0 spiro atoms. The van der Waals surface area contributed by atoms with Crippen LogP contribution in [0.2, 0.25) is 0 Å². The molecule has 26 heavy (non-hydrogen) atoms. The van der Waals surface area contributed by atoms with Crippen LogP contribution >= 0.6 is 0 Å². The number of carbonyl (C=O) groups is 1. The van der Waals surface area contributed by atoms with E-state index in [1.807, 2.05) is 35.2 Å². The summed E-state index contributed by atoms with van der Waals surface area (Å²) in [7, 11) is 0.